The Morgan fingerprint density at radius 2 is 2.00 bits per heavy atom. The molecule has 0 fully saturated rings. The summed E-state index contributed by atoms with van der Waals surface area (Å²) in [6.45, 7) is 0.309. The van der Waals surface area contributed by atoms with Crippen LogP contribution < -0.4 is 15.2 Å². The summed E-state index contributed by atoms with van der Waals surface area (Å²) in [4.78, 5) is 7.79. The number of ether oxygens (including phenoxy) is 1. The van der Waals surface area contributed by atoms with Crippen molar-refractivity contribution >= 4 is 15.7 Å². The van der Waals surface area contributed by atoms with E-state index in [4.69, 9.17) is 10.5 Å². The van der Waals surface area contributed by atoms with Crippen molar-refractivity contribution in [3.8, 4) is 5.88 Å². The fourth-order valence-electron chi connectivity index (χ4n) is 1.46. The normalized spacial score (nSPS) is 11.1. The first-order valence-corrected chi connectivity index (χ1v) is 7.21. The number of anilines is 1. The second-order valence-electron chi connectivity index (χ2n) is 3.90. The van der Waals surface area contributed by atoms with E-state index >= 15 is 0 Å². The molecular weight excluding hydrogens is 280 g/mol. The molecular formula is C12H14N4O3S. The molecule has 2 aromatic rings. The quantitative estimate of drug-likeness (QED) is 0.842. The average Bonchev–Trinajstić information content (AvgIpc) is 2.48. The Morgan fingerprint density at radius 1 is 1.20 bits per heavy atom. The van der Waals surface area contributed by atoms with Crippen LogP contribution in [0, 0.1) is 0 Å². The summed E-state index contributed by atoms with van der Waals surface area (Å²) in [5, 5.41) is -0.0782. The van der Waals surface area contributed by atoms with Gasteiger partial charge in [0, 0.05) is 18.8 Å². The van der Waals surface area contributed by atoms with E-state index in [2.05, 4.69) is 14.7 Å². The molecule has 0 radical (unpaired) electrons. The van der Waals surface area contributed by atoms with Crippen molar-refractivity contribution in [1.82, 2.24) is 9.97 Å². The smallest absolute Gasteiger partial charge is 0.279 e. The molecule has 2 rings (SSSR count). The summed E-state index contributed by atoms with van der Waals surface area (Å²) >= 11 is 0. The number of hydrogen-bond donors (Lipinski definition) is 2. The maximum atomic E-state index is 12.1. The fourth-order valence-corrected chi connectivity index (χ4v) is 2.43. The van der Waals surface area contributed by atoms with E-state index in [0.29, 0.717) is 18.1 Å². The predicted molar refractivity (Wildman–Crippen MR) is 73.7 cm³/mol. The minimum Gasteiger partial charge on any atom is -0.481 e. The Morgan fingerprint density at radius 3 is 2.50 bits per heavy atom. The number of sulfonamides is 1. The van der Waals surface area contributed by atoms with Crippen LogP contribution in [0.5, 0.6) is 5.88 Å². The van der Waals surface area contributed by atoms with Crippen LogP contribution in [-0.4, -0.2) is 25.5 Å². The molecule has 2 aromatic heterocycles. The van der Waals surface area contributed by atoms with Gasteiger partial charge in [-0.15, -0.1) is 0 Å². The second kappa shape index (κ2) is 5.85. The maximum Gasteiger partial charge on any atom is 0.279 e. The van der Waals surface area contributed by atoms with E-state index < -0.39 is 10.0 Å². The molecule has 0 unspecified atom stereocenters. The highest BCUT2D eigenvalue weighted by atomic mass is 32.2. The lowest BCUT2D eigenvalue weighted by molar-refractivity contribution is 0.398. The van der Waals surface area contributed by atoms with E-state index in [1.807, 2.05) is 0 Å². The average molecular weight is 294 g/mol. The van der Waals surface area contributed by atoms with Gasteiger partial charge in [0.2, 0.25) is 5.88 Å². The third-order valence-electron chi connectivity index (χ3n) is 2.51. The lowest BCUT2D eigenvalue weighted by Gasteiger charge is -2.07. The Kier molecular flexibility index (Phi) is 4.16. The standard InChI is InChI=1S/C12H14N4O3S/c1-19-11-4-3-10(8-14-11)16-20(17,18)12-5-2-9(6-13)7-15-12/h2-5,7-8,16H,6,13H2,1H3. The molecule has 0 bridgehead atoms. The van der Waals surface area contributed by atoms with Crippen molar-refractivity contribution < 1.29 is 13.2 Å². The zero-order chi connectivity index (χ0) is 14.6. The number of nitrogens with zero attached hydrogens (tertiary/aromatic N) is 2. The third-order valence-corrected chi connectivity index (χ3v) is 3.80. The predicted octanol–water partition coefficient (Wildman–Crippen LogP) is 0.745. The van der Waals surface area contributed by atoms with Crippen LogP contribution in [0.3, 0.4) is 0 Å². The van der Waals surface area contributed by atoms with Gasteiger partial charge >= 0.3 is 0 Å². The van der Waals surface area contributed by atoms with Gasteiger partial charge in [-0.05, 0) is 17.7 Å². The van der Waals surface area contributed by atoms with Gasteiger partial charge < -0.3 is 10.5 Å². The van der Waals surface area contributed by atoms with Gasteiger partial charge in [-0.25, -0.2) is 9.97 Å². The summed E-state index contributed by atoms with van der Waals surface area (Å²) < 4.78 is 31.5. The van der Waals surface area contributed by atoms with Crippen molar-refractivity contribution in [2.24, 2.45) is 5.73 Å². The minimum absolute atomic E-state index is 0.0782. The van der Waals surface area contributed by atoms with E-state index in [1.165, 1.54) is 25.6 Å². The van der Waals surface area contributed by atoms with Gasteiger partial charge in [0.05, 0.1) is 19.0 Å². The third kappa shape index (κ3) is 3.22. The Hall–Kier alpha value is -2.19. The first-order valence-electron chi connectivity index (χ1n) is 5.73. The first-order chi connectivity index (χ1) is 9.55. The number of aromatic nitrogens is 2. The van der Waals surface area contributed by atoms with Crippen LogP contribution in [0.15, 0.2) is 41.7 Å². The maximum absolute atomic E-state index is 12.1. The SMILES string of the molecule is COc1ccc(NS(=O)(=O)c2ccc(CN)cn2)cn1. The largest absolute Gasteiger partial charge is 0.481 e. The first kappa shape index (κ1) is 14.2. The highest BCUT2D eigenvalue weighted by Gasteiger charge is 2.15. The molecule has 0 amide bonds. The molecule has 106 valence electrons. The fraction of sp³-hybridized carbons (Fsp3) is 0.167. The van der Waals surface area contributed by atoms with Crippen molar-refractivity contribution in [3.05, 3.63) is 42.2 Å². The highest BCUT2D eigenvalue weighted by molar-refractivity contribution is 7.92. The van der Waals surface area contributed by atoms with Crippen LogP contribution >= 0.6 is 0 Å². The van der Waals surface area contributed by atoms with Gasteiger partial charge in [0.1, 0.15) is 0 Å². The van der Waals surface area contributed by atoms with Gasteiger partial charge in [-0.2, -0.15) is 8.42 Å². The van der Waals surface area contributed by atoms with E-state index in [0.717, 1.165) is 5.56 Å². The molecule has 0 spiro atoms. The molecule has 2 heterocycles. The summed E-state index contributed by atoms with van der Waals surface area (Å²) in [7, 11) is -2.26. The number of nitrogens with two attached hydrogens (primary N) is 1. The summed E-state index contributed by atoms with van der Waals surface area (Å²) in [5.41, 5.74) is 6.52. The summed E-state index contributed by atoms with van der Waals surface area (Å²) in [6.07, 6.45) is 2.80. The number of methoxy groups -OCH3 is 1. The van der Waals surface area contributed by atoms with E-state index in [1.54, 1.807) is 18.2 Å². The molecule has 0 aromatic carbocycles. The van der Waals surface area contributed by atoms with Gasteiger partial charge in [0.25, 0.3) is 10.0 Å². The van der Waals surface area contributed by atoms with Crippen LogP contribution in [-0.2, 0) is 16.6 Å². The van der Waals surface area contributed by atoms with Crippen LogP contribution in [0.25, 0.3) is 0 Å². The molecule has 0 aliphatic rings. The lowest BCUT2D eigenvalue weighted by atomic mass is 10.3. The molecule has 20 heavy (non-hydrogen) atoms. The molecule has 0 aliphatic carbocycles. The van der Waals surface area contributed by atoms with Crippen molar-refractivity contribution in [2.75, 3.05) is 11.8 Å². The molecule has 0 saturated carbocycles. The van der Waals surface area contributed by atoms with Gasteiger partial charge in [-0.1, -0.05) is 6.07 Å². The van der Waals surface area contributed by atoms with Crippen molar-refractivity contribution in [3.63, 3.8) is 0 Å². The topological polar surface area (TPSA) is 107 Å². The number of nitrogens with one attached hydrogen (secondary N) is 1. The van der Waals surface area contributed by atoms with Crippen molar-refractivity contribution in [2.45, 2.75) is 11.6 Å². The van der Waals surface area contributed by atoms with Crippen LogP contribution in [0.2, 0.25) is 0 Å². The number of hydrogen-bond acceptors (Lipinski definition) is 6. The van der Waals surface area contributed by atoms with E-state index in [9.17, 15) is 8.42 Å². The highest BCUT2D eigenvalue weighted by Crippen LogP contribution is 2.16. The Balaban J connectivity index is 2.20. The van der Waals surface area contributed by atoms with Gasteiger partial charge in [-0.3, -0.25) is 4.72 Å². The lowest BCUT2D eigenvalue weighted by Crippen LogP contribution is -2.15. The zero-order valence-electron chi connectivity index (χ0n) is 10.8. The second-order valence-corrected chi connectivity index (χ2v) is 5.53. The monoisotopic (exact) mass is 294 g/mol. The molecule has 0 atom stereocenters. The van der Waals surface area contributed by atoms with Crippen LogP contribution in [0.4, 0.5) is 5.69 Å². The van der Waals surface area contributed by atoms with Crippen LogP contribution in [0.1, 0.15) is 5.56 Å². The number of pyridine rings is 2. The minimum atomic E-state index is -3.74. The Labute approximate surface area is 116 Å². The zero-order valence-corrected chi connectivity index (χ0v) is 11.6. The molecule has 0 saturated heterocycles. The molecule has 7 nitrogen and oxygen atoms in total. The molecule has 0 aliphatic heterocycles. The summed E-state index contributed by atoms with van der Waals surface area (Å²) in [6, 6.07) is 6.13. The molecule has 8 heteroatoms. The Bertz CT molecular complexity index is 669. The number of rotatable bonds is 5. The van der Waals surface area contributed by atoms with E-state index in [-0.39, 0.29) is 5.03 Å². The molecule has 3 N–H and O–H groups in total. The van der Waals surface area contributed by atoms with Crippen molar-refractivity contribution in [1.29, 1.82) is 0 Å². The van der Waals surface area contributed by atoms with Gasteiger partial charge in [0.15, 0.2) is 5.03 Å². The summed E-state index contributed by atoms with van der Waals surface area (Å²) in [5.74, 6) is 0.401.